The van der Waals surface area contributed by atoms with Crippen molar-refractivity contribution in [2.75, 3.05) is 0 Å². The quantitative estimate of drug-likeness (QED) is 0.861. The van der Waals surface area contributed by atoms with Gasteiger partial charge in [0.2, 0.25) is 0 Å². The maximum absolute atomic E-state index is 12.1. The molecule has 100 valence electrons. The Morgan fingerprint density at radius 3 is 2.90 bits per heavy atom. The van der Waals surface area contributed by atoms with Crippen molar-refractivity contribution in [3.05, 3.63) is 51.2 Å². The molecule has 2 aromatic heterocycles. The SMILES string of the molecule is Cc1cc(-c2c3c([nH]c(=O)c2C#N)CCCC3)ccn1. The number of nitrogens with zero attached hydrogens (tertiary/aromatic N) is 2. The molecule has 4 nitrogen and oxygen atoms in total. The van der Waals surface area contributed by atoms with Crippen molar-refractivity contribution in [1.29, 1.82) is 5.26 Å². The molecule has 0 saturated heterocycles. The fourth-order valence-electron chi connectivity index (χ4n) is 2.91. The molecule has 0 saturated carbocycles. The lowest BCUT2D eigenvalue weighted by Gasteiger charge is -2.20. The molecule has 2 heterocycles. The summed E-state index contributed by atoms with van der Waals surface area (Å²) in [6, 6.07) is 5.88. The van der Waals surface area contributed by atoms with Crippen LogP contribution in [0.1, 0.15) is 35.4 Å². The number of pyridine rings is 2. The molecule has 0 radical (unpaired) electrons. The third-order valence-electron chi connectivity index (χ3n) is 3.81. The summed E-state index contributed by atoms with van der Waals surface area (Å²) < 4.78 is 0. The summed E-state index contributed by atoms with van der Waals surface area (Å²) in [5.74, 6) is 0. The number of hydrogen-bond acceptors (Lipinski definition) is 3. The second-order valence-electron chi connectivity index (χ2n) is 5.17. The number of nitrogens with one attached hydrogen (secondary N) is 1. The van der Waals surface area contributed by atoms with Crippen molar-refractivity contribution in [3.8, 4) is 17.2 Å². The molecular weight excluding hydrogens is 250 g/mol. The zero-order valence-corrected chi connectivity index (χ0v) is 11.4. The van der Waals surface area contributed by atoms with E-state index in [0.29, 0.717) is 0 Å². The molecule has 0 aliphatic heterocycles. The fourth-order valence-corrected chi connectivity index (χ4v) is 2.91. The van der Waals surface area contributed by atoms with Crippen molar-refractivity contribution in [2.45, 2.75) is 32.6 Å². The molecule has 1 aliphatic carbocycles. The van der Waals surface area contributed by atoms with E-state index >= 15 is 0 Å². The number of hydrogen-bond donors (Lipinski definition) is 1. The summed E-state index contributed by atoms with van der Waals surface area (Å²) in [5.41, 5.74) is 4.66. The van der Waals surface area contributed by atoms with E-state index in [1.165, 1.54) is 0 Å². The average molecular weight is 265 g/mol. The Hall–Kier alpha value is -2.41. The van der Waals surface area contributed by atoms with Crippen molar-refractivity contribution in [2.24, 2.45) is 0 Å². The molecule has 0 spiro atoms. The first-order valence-electron chi connectivity index (χ1n) is 6.82. The monoisotopic (exact) mass is 265 g/mol. The Kier molecular flexibility index (Phi) is 3.11. The number of nitriles is 1. The zero-order valence-electron chi connectivity index (χ0n) is 11.4. The van der Waals surface area contributed by atoms with Gasteiger partial charge in [-0.15, -0.1) is 0 Å². The van der Waals surface area contributed by atoms with Crippen LogP contribution >= 0.6 is 0 Å². The van der Waals surface area contributed by atoms with Gasteiger partial charge in [-0.05, 0) is 55.9 Å². The molecule has 0 unspecified atom stereocenters. The maximum Gasteiger partial charge on any atom is 0.266 e. The van der Waals surface area contributed by atoms with Gasteiger partial charge in [-0.25, -0.2) is 0 Å². The van der Waals surface area contributed by atoms with Crippen molar-refractivity contribution in [3.63, 3.8) is 0 Å². The lowest BCUT2D eigenvalue weighted by atomic mass is 9.87. The van der Waals surface area contributed by atoms with E-state index in [9.17, 15) is 10.1 Å². The van der Waals surface area contributed by atoms with Gasteiger partial charge in [0.05, 0.1) is 0 Å². The predicted molar refractivity (Wildman–Crippen MR) is 76.4 cm³/mol. The molecule has 2 aromatic rings. The van der Waals surface area contributed by atoms with Crippen LogP contribution in [0.25, 0.3) is 11.1 Å². The maximum atomic E-state index is 12.1. The molecule has 3 rings (SSSR count). The molecule has 1 aliphatic rings. The lowest BCUT2D eigenvalue weighted by molar-refractivity contribution is 0.666. The molecule has 20 heavy (non-hydrogen) atoms. The Morgan fingerprint density at radius 1 is 1.35 bits per heavy atom. The highest BCUT2D eigenvalue weighted by atomic mass is 16.1. The normalized spacial score (nSPS) is 13.6. The largest absolute Gasteiger partial charge is 0.325 e. The van der Waals surface area contributed by atoms with Gasteiger partial charge in [0, 0.05) is 23.1 Å². The standard InChI is InChI=1S/C16H15N3O/c1-10-8-11(6-7-18-10)15-12-4-2-3-5-14(12)19-16(20)13(15)9-17/h6-8H,2-5H2,1H3,(H,19,20). The first-order valence-corrected chi connectivity index (χ1v) is 6.82. The van der Waals surface area contributed by atoms with Gasteiger partial charge in [0.25, 0.3) is 5.56 Å². The van der Waals surface area contributed by atoms with Gasteiger partial charge in [-0.3, -0.25) is 9.78 Å². The van der Waals surface area contributed by atoms with Crippen LogP contribution in [-0.2, 0) is 12.8 Å². The van der Waals surface area contributed by atoms with E-state index in [0.717, 1.165) is 53.8 Å². The first kappa shape index (κ1) is 12.6. The molecule has 0 aromatic carbocycles. The Labute approximate surface area is 117 Å². The predicted octanol–water partition coefficient (Wildman–Crippen LogP) is 2.50. The van der Waals surface area contributed by atoms with Gasteiger partial charge in [0.1, 0.15) is 11.6 Å². The van der Waals surface area contributed by atoms with E-state index in [1.807, 2.05) is 19.1 Å². The Bertz CT molecular complexity index is 768. The van der Waals surface area contributed by atoms with Gasteiger partial charge in [-0.2, -0.15) is 5.26 Å². The summed E-state index contributed by atoms with van der Waals surface area (Å²) in [4.78, 5) is 19.2. The topological polar surface area (TPSA) is 69.5 Å². The zero-order chi connectivity index (χ0) is 14.1. The van der Waals surface area contributed by atoms with Crippen LogP contribution in [-0.4, -0.2) is 9.97 Å². The Balaban J connectivity index is 2.35. The third-order valence-corrected chi connectivity index (χ3v) is 3.81. The molecule has 0 atom stereocenters. The molecular formula is C16H15N3O. The minimum Gasteiger partial charge on any atom is -0.325 e. The van der Waals surface area contributed by atoms with Crippen LogP contribution in [0.2, 0.25) is 0 Å². The minimum absolute atomic E-state index is 0.219. The van der Waals surface area contributed by atoms with Crippen LogP contribution in [0.15, 0.2) is 23.1 Å². The van der Waals surface area contributed by atoms with E-state index in [1.54, 1.807) is 6.20 Å². The summed E-state index contributed by atoms with van der Waals surface area (Å²) in [7, 11) is 0. The van der Waals surface area contributed by atoms with E-state index < -0.39 is 0 Å². The molecule has 0 bridgehead atoms. The third kappa shape index (κ3) is 2.01. The number of aromatic nitrogens is 2. The average Bonchev–Trinajstić information content (AvgIpc) is 2.45. The van der Waals surface area contributed by atoms with Crippen LogP contribution in [0.4, 0.5) is 0 Å². The second kappa shape index (κ2) is 4.93. The number of aromatic amines is 1. The molecule has 1 N–H and O–H groups in total. The summed E-state index contributed by atoms with van der Waals surface area (Å²) in [6.07, 6.45) is 5.71. The Morgan fingerprint density at radius 2 is 2.15 bits per heavy atom. The highest BCUT2D eigenvalue weighted by Crippen LogP contribution is 2.31. The number of fused-ring (bicyclic) bond motifs is 1. The number of aryl methyl sites for hydroxylation is 2. The number of rotatable bonds is 1. The van der Waals surface area contributed by atoms with Crippen molar-refractivity contribution in [1.82, 2.24) is 9.97 Å². The molecule has 4 heteroatoms. The molecule has 0 amide bonds. The van der Waals surface area contributed by atoms with E-state index in [-0.39, 0.29) is 11.1 Å². The van der Waals surface area contributed by atoms with Gasteiger partial charge in [0.15, 0.2) is 0 Å². The summed E-state index contributed by atoms with van der Waals surface area (Å²) >= 11 is 0. The van der Waals surface area contributed by atoms with Crippen LogP contribution in [0.5, 0.6) is 0 Å². The second-order valence-corrected chi connectivity index (χ2v) is 5.17. The lowest BCUT2D eigenvalue weighted by Crippen LogP contribution is -2.20. The molecule has 0 fully saturated rings. The van der Waals surface area contributed by atoms with Crippen LogP contribution < -0.4 is 5.56 Å². The number of H-pyrrole nitrogens is 1. The smallest absolute Gasteiger partial charge is 0.266 e. The van der Waals surface area contributed by atoms with Gasteiger partial charge < -0.3 is 4.98 Å². The van der Waals surface area contributed by atoms with E-state index in [2.05, 4.69) is 16.0 Å². The summed E-state index contributed by atoms with van der Waals surface area (Å²) in [5, 5.41) is 9.35. The minimum atomic E-state index is -0.280. The fraction of sp³-hybridized carbons (Fsp3) is 0.312. The van der Waals surface area contributed by atoms with Crippen LogP contribution in [0, 0.1) is 18.3 Å². The van der Waals surface area contributed by atoms with Gasteiger partial charge in [-0.1, -0.05) is 0 Å². The highest BCUT2D eigenvalue weighted by Gasteiger charge is 2.21. The first-order chi connectivity index (χ1) is 9.70. The highest BCUT2D eigenvalue weighted by molar-refractivity contribution is 5.74. The van der Waals surface area contributed by atoms with Crippen molar-refractivity contribution < 1.29 is 0 Å². The van der Waals surface area contributed by atoms with E-state index in [4.69, 9.17) is 0 Å². The van der Waals surface area contributed by atoms with Crippen LogP contribution in [0.3, 0.4) is 0 Å². The van der Waals surface area contributed by atoms with Crippen molar-refractivity contribution >= 4 is 0 Å². The van der Waals surface area contributed by atoms with Gasteiger partial charge >= 0.3 is 0 Å². The summed E-state index contributed by atoms with van der Waals surface area (Å²) in [6.45, 7) is 1.91.